The van der Waals surface area contributed by atoms with E-state index in [0.29, 0.717) is 37.6 Å². The number of fused-ring (bicyclic) bond motifs is 1. The number of likely N-dealkylation sites (tertiary alicyclic amines) is 1. The Morgan fingerprint density at radius 2 is 2.06 bits per heavy atom. The van der Waals surface area contributed by atoms with Gasteiger partial charge in [0.25, 0.3) is 0 Å². The van der Waals surface area contributed by atoms with E-state index in [1.807, 2.05) is 32.0 Å². The smallest absolute Gasteiger partial charge is 0.321 e. The largest absolute Gasteiger partial charge is 0.339 e. The number of hydrogen-bond acceptors (Lipinski definition) is 6. The van der Waals surface area contributed by atoms with E-state index in [0.717, 1.165) is 11.3 Å². The van der Waals surface area contributed by atoms with Crippen molar-refractivity contribution in [2.24, 2.45) is 5.92 Å². The molecule has 1 saturated carbocycles. The summed E-state index contributed by atoms with van der Waals surface area (Å²) in [7, 11) is -3.33. The molecule has 1 saturated heterocycles. The first-order chi connectivity index (χ1) is 14.6. The van der Waals surface area contributed by atoms with Crippen molar-refractivity contribution in [2.45, 2.75) is 52.0 Å². The maximum Gasteiger partial charge on any atom is 0.321 e. The molecule has 2 aromatic rings. The molecule has 0 radical (unpaired) electrons. The van der Waals surface area contributed by atoms with Crippen LogP contribution in [0.25, 0.3) is 0 Å². The molecular formula is C21H29N5O4S. The van der Waals surface area contributed by atoms with Gasteiger partial charge in [-0.05, 0) is 69.7 Å². The average molecular weight is 448 g/mol. The topological polar surface area (TPSA) is 117 Å². The number of urea groups is 1. The first-order valence-corrected chi connectivity index (χ1v) is 12.2. The van der Waals surface area contributed by atoms with Crippen LogP contribution in [0.2, 0.25) is 0 Å². The van der Waals surface area contributed by atoms with Crippen LogP contribution in [0.4, 0.5) is 10.5 Å². The molecule has 0 spiro atoms. The molecule has 9 nitrogen and oxygen atoms in total. The van der Waals surface area contributed by atoms with Gasteiger partial charge < -0.3 is 14.7 Å². The normalized spacial score (nSPS) is 25.6. The number of nitrogens with zero attached hydrogens (tertiary/aromatic N) is 3. The Morgan fingerprint density at radius 1 is 1.29 bits per heavy atom. The van der Waals surface area contributed by atoms with Gasteiger partial charge in [-0.3, -0.25) is 0 Å². The SMILES string of the molecule is CCS(=O)(=O)N[C@@H]1C[C@H]2CN(C(=O)Nc3ccc(C)c(C)c3)C[C@@]2(c2nc(C)no2)C1. The van der Waals surface area contributed by atoms with Crippen LogP contribution in [0.15, 0.2) is 22.7 Å². The Kier molecular flexibility index (Phi) is 5.55. The van der Waals surface area contributed by atoms with E-state index in [2.05, 4.69) is 20.2 Å². The van der Waals surface area contributed by atoms with Crippen LogP contribution < -0.4 is 10.0 Å². The summed E-state index contributed by atoms with van der Waals surface area (Å²) in [5.74, 6) is 1.07. The van der Waals surface area contributed by atoms with Gasteiger partial charge in [0, 0.05) is 24.8 Å². The summed E-state index contributed by atoms with van der Waals surface area (Å²) in [6.45, 7) is 8.32. The third-order valence-electron chi connectivity index (χ3n) is 6.60. The molecule has 2 fully saturated rings. The number of anilines is 1. The third-order valence-corrected chi connectivity index (χ3v) is 8.05. The fourth-order valence-electron chi connectivity index (χ4n) is 4.81. The number of hydrogen-bond donors (Lipinski definition) is 2. The Bertz CT molecular complexity index is 1100. The maximum atomic E-state index is 13.0. The maximum absolute atomic E-state index is 13.0. The molecule has 1 aliphatic heterocycles. The van der Waals surface area contributed by atoms with Gasteiger partial charge in [-0.1, -0.05) is 11.2 Å². The van der Waals surface area contributed by atoms with Crippen LogP contribution in [-0.2, 0) is 15.4 Å². The van der Waals surface area contributed by atoms with Crippen molar-refractivity contribution in [1.82, 2.24) is 19.8 Å². The van der Waals surface area contributed by atoms with E-state index < -0.39 is 15.4 Å². The number of carbonyl (C=O) groups excluding carboxylic acids is 1. The zero-order chi connectivity index (χ0) is 22.4. The van der Waals surface area contributed by atoms with E-state index in [-0.39, 0.29) is 23.7 Å². The summed E-state index contributed by atoms with van der Waals surface area (Å²) >= 11 is 0. The van der Waals surface area contributed by atoms with Gasteiger partial charge in [0.15, 0.2) is 5.82 Å². The van der Waals surface area contributed by atoms with E-state index in [1.54, 1.807) is 18.7 Å². The molecule has 4 rings (SSSR count). The minimum Gasteiger partial charge on any atom is -0.339 e. The van der Waals surface area contributed by atoms with Crippen molar-refractivity contribution in [3.8, 4) is 0 Å². The van der Waals surface area contributed by atoms with Gasteiger partial charge in [0.05, 0.1) is 11.2 Å². The van der Waals surface area contributed by atoms with Crippen molar-refractivity contribution < 1.29 is 17.7 Å². The van der Waals surface area contributed by atoms with Crippen molar-refractivity contribution in [3.05, 3.63) is 41.0 Å². The van der Waals surface area contributed by atoms with E-state index in [4.69, 9.17) is 4.52 Å². The second-order valence-electron chi connectivity index (χ2n) is 8.77. The summed E-state index contributed by atoms with van der Waals surface area (Å²) in [5.41, 5.74) is 2.48. The second-order valence-corrected chi connectivity index (χ2v) is 10.8. The lowest BCUT2D eigenvalue weighted by molar-refractivity contribution is 0.212. The van der Waals surface area contributed by atoms with Gasteiger partial charge in [-0.25, -0.2) is 17.9 Å². The van der Waals surface area contributed by atoms with E-state index in [1.165, 1.54) is 5.56 Å². The summed E-state index contributed by atoms with van der Waals surface area (Å²) in [4.78, 5) is 19.2. The van der Waals surface area contributed by atoms with Crippen LogP contribution in [0.1, 0.15) is 42.6 Å². The molecule has 3 atom stereocenters. The first kappa shape index (κ1) is 21.8. The van der Waals surface area contributed by atoms with Crippen molar-refractivity contribution in [1.29, 1.82) is 0 Å². The summed E-state index contributed by atoms with van der Waals surface area (Å²) in [5, 5.41) is 6.93. The molecule has 31 heavy (non-hydrogen) atoms. The Balaban J connectivity index is 1.55. The molecule has 1 aromatic carbocycles. The number of carbonyl (C=O) groups is 1. The molecule has 0 unspecified atom stereocenters. The van der Waals surface area contributed by atoms with E-state index in [9.17, 15) is 13.2 Å². The quantitative estimate of drug-likeness (QED) is 0.727. The van der Waals surface area contributed by atoms with Gasteiger partial charge in [-0.15, -0.1) is 0 Å². The Hall–Kier alpha value is -2.46. The van der Waals surface area contributed by atoms with Crippen molar-refractivity contribution in [2.75, 3.05) is 24.2 Å². The van der Waals surface area contributed by atoms with Crippen LogP contribution in [0.3, 0.4) is 0 Å². The zero-order valence-corrected chi connectivity index (χ0v) is 19.1. The van der Waals surface area contributed by atoms with Crippen LogP contribution in [-0.4, -0.2) is 54.4 Å². The number of amides is 2. The molecule has 10 heteroatoms. The summed E-state index contributed by atoms with van der Waals surface area (Å²) < 4.78 is 32.5. The van der Waals surface area contributed by atoms with Gasteiger partial charge in [0.1, 0.15) is 0 Å². The van der Waals surface area contributed by atoms with Gasteiger partial charge in [0.2, 0.25) is 15.9 Å². The van der Waals surface area contributed by atoms with Gasteiger partial charge in [-0.2, -0.15) is 4.98 Å². The number of sulfonamides is 1. The predicted octanol–water partition coefficient (Wildman–Crippen LogP) is 2.50. The number of aromatic nitrogens is 2. The molecule has 2 N–H and O–H groups in total. The lowest BCUT2D eigenvalue weighted by Gasteiger charge is -2.25. The molecule has 168 valence electrons. The summed E-state index contributed by atoms with van der Waals surface area (Å²) in [6, 6.07) is 5.43. The number of benzene rings is 1. The fourth-order valence-corrected chi connectivity index (χ4v) is 5.66. The number of nitrogens with one attached hydrogen (secondary N) is 2. The Labute approximate surface area is 182 Å². The average Bonchev–Trinajstić information content (AvgIpc) is 3.37. The molecule has 2 amide bonds. The molecule has 2 aliphatic rings. The summed E-state index contributed by atoms with van der Waals surface area (Å²) in [6.07, 6.45) is 1.14. The highest BCUT2D eigenvalue weighted by Gasteiger charge is 2.58. The first-order valence-electron chi connectivity index (χ1n) is 10.6. The third kappa shape index (κ3) is 4.18. The number of rotatable bonds is 5. The van der Waals surface area contributed by atoms with Crippen molar-refractivity contribution in [3.63, 3.8) is 0 Å². The molecule has 0 bridgehead atoms. The zero-order valence-electron chi connectivity index (χ0n) is 18.3. The number of aryl methyl sites for hydroxylation is 3. The second kappa shape index (κ2) is 7.90. The Morgan fingerprint density at radius 3 is 2.71 bits per heavy atom. The standard InChI is InChI=1S/C21H29N5O4S/c1-5-31(28,29)25-18-9-16-11-26(12-21(16,10-18)19-22-15(4)24-30-19)20(27)23-17-7-6-13(2)14(3)8-17/h6-8,16,18,25H,5,9-12H2,1-4H3,(H,23,27)/t16-,18+,21-/m0/s1. The van der Waals surface area contributed by atoms with Crippen molar-refractivity contribution >= 4 is 21.7 Å². The lowest BCUT2D eigenvalue weighted by Crippen LogP contribution is -2.41. The fraction of sp³-hybridized carbons (Fsp3) is 0.571. The predicted molar refractivity (Wildman–Crippen MR) is 116 cm³/mol. The molecular weight excluding hydrogens is 418 g/mol. The highest BCUT2D eigenvalue weighted by atomic mass is 32.2. The molecule has 1 aromatic heterocycles. The van der Waals surface area contributed by atoms with E-state index >= 15 is 0 Å². The molecule has 2 heterocycles. The van der Waals surface area contributed by atoms with Gasteiger partial charge >= 0.3 is 6.03 Å². The van der Waals surface area contributed by atoms with Crippen LogP contribution >= 0.6 is 0 Å². The highest BCUT2D eigenvalue weighted by molar-refractivity contribution is 7.89. The lowest BCUT2D eigenvalue weighted by atomic mass is 9.80. The van der Waals surface area contributed by atoms with Crippen LogP contribution in [0.5, 0.6) is 0 Å². The van der Waals surface area contributed by atoms with Crippen LogP contribution in [0, 0.1) is 26.7 Å². The minimum absolute atomic E-state index is 0.0300. The molecule has 1 aliphatic carbocycles. The highest BCUT2D eigenvalue weighted by Crippen LogP contribution is 2.50. The monoisotopic (exact) mass is 447 g/mol. The minimum atomic E-state index is -3.33.